The standard InChI is InChI=1S/C14H15BrN4O/c1-8-2-3-9(15)4-10(8)19-14(20)12-5-11-13(6-16-12)18-7-17-11/h2-4,7,12,16H,5-6H2,1H3,(H,17,18)(H,19,20). The van der Waals surface area contributed by atoms with E-state index in [1.807, 2.05) is 25.1 Å². The van der Waals surface area contributed by atoms with Gasteiger partial charge in [-0.2, -0.15) is 0 Å². The van der Waals surface area contributed by atoms with Crippen molar-refractivity contribution in [3.8, 4) is 0 Å². The van der Waals surface area contributed by atoms with Gasteiger partial charge in [0, 0.05) is 23.1 Å². The maximum absolute atomic E-state index is 12.3. The molecule has 1 aliphatic heterocycles. The molecule has 6 heteroatoms. The molecule has 0 fully saturated rings. The van der Waals surface area contributed by atoms with Crippen LogP contribution in [0, 0.1) is 6.92 Å². The number of fused-ring (bicyclic) bond motifs is 1. The van der Waals surface area contributed by atoms with E-state index in [1.165, 1.54) is 0 Å². The lowest BCUT2D eigenvalue weighted by atomic mass is 10.0. The molecule has 0 bridgehead atoms. The highest BCUT2D eigenvalue weighted by molar-refractivity contribution is 9.10. The van der Waals surface area contributed by atoms with E-state index in [2.05, 4.69) is 36.5 Å². The van der Waals surface area contributed by atoms with Crippen molar-refractivity contribution >= 4 is 27.5 Å². The number of nitrogens with zero attached hydrogens (tertiary/aromatic N) is 1. The Labute approximate surface area is 125 Å². The average molecular weight is 335 g/mol. The molecule has 1 aromatic heterocycles. The second kappa shape index (κ2) is 5.38. The normalized spacial score (nSPS) is 17.6. The first-order valence-corrected chi connectivity index (χ1v) is 7.24. The molecule has 0 radical (unpaired) electrons. The molecule has 2 heterocycles. The number of halogens is 1. The molecular weight excluding hydrogens is 320 g/mol. The van der Waals surface area contributed by atoms with Crippen molar-refractivity contribution < 1.29 is 4.79 Å². The summed E-state index contributed by atoms with van der Waals surface area (Å²) < 4.78 is 0.949. The minimum Gasteiger partial charge on any atom is -0.347 e. The van der Waals surface area contributed by atoms with E-state index in [0.717, 1.165) is 27.1 Å². The van der Waals surface area contributed by atoms with Gasteiger partial charge in [-0.15, -0.1) is 0 Å². The SMILES string of the molecule is Cc1ccc(Br)cc1NC(=O)C1Cc2nc[nH]c2CN1. The van der Waals surface area contributed by atoms with Crippen molar-refractivity contribution in [2.75, 3.05) is 5.32 Å². The number of imidazole rings is 1. The summed E-state index contributed by atoms with van der Waals surface area (Å²) in [5, 5.41) is 6.19. The average Bonchev–Trinajstić information content (AvgIpc) is 2.90. The maximum Gasteiger partial charge on any atom is 0.241 e. The lowest BCUT2D eigenvalue weighted by Gasteiger charge is -2.22. The molecular formula is C14H15BrN4O. The highest BCUT2D eigenvalue weighted by Crippen LogP contribution is 2.21. The summed E-state index contributed by atoms with van der Waals surface area (Å²) >= 11 is 3.42. The zero-order valence-electron chi connectivity index (χ0n) is 11.0. The molecule has 5 nitrogen and oxygen atoms in total. The minimum atomic E-state index is -0.246. The number of anilines is 1. The number of amides is 1. The third-order valence-corrected chi connectivity index (χ3v) is 4.00. The molecule has 0 spiro atoms. The summed E-state index contributed by atoms with van der Waals surface area (Å²) in [6.45, 7) is 2.62. The number of H-pyrrole nitrogens is 1. The molecule has 1 aromatic carbocycles. The van der Waals surface area contributed by atoms with E-state index < -0.39 is 0 Å². The zero-order valence-corrected chi connectivity index (χ0v) is 12.6. The maximum atomic E-state index is 12.3. The van der Waals surface area contributed by atoms with Crippen molar-refractivity contribution in [1.82, 2.24) is 15.3 Å². The van der Waals surface area contributed by atoms with Gasteiger partial charge in [0.05, 0.1) is 23.8 Å². The van der Waals surface area contributed by atoms with E-state index in [1.54, 1.807) is 6.33 Å². The van der Waals surface area contributed by atoms with Crippen molar-refractivity contribution in [1.29, 1.82) is 0 Å². The van der Waals surface area contributed by atoms with Gasteiger partial charge in [0.2, 0.25) is 5.91 Å². The van der Waals surface area contributed by atoms with E-state index >= 15 is 0 Å². The molecule has 0 saturated heterocycles. The monoisotopic (exact) mass is 334 g/mol. The van der Waals surface area contributed by atoms with Crippen LogP contribution in [-0.4, -0.2) is 21.9 Å². The Balaban J connectivity index is 1.73. The molecule has 0 aliphatic carbocycles. The van der Waals surface area contributed by atoms with Gasteiger partial charge in [0.25, 0.3) is 0 Å². The predicted molar refractivity (Wildman–Crippen MR) is 80.4 cm³/mol. The smallest absolute Gasteiger partial charge is 0.241 e. The van der Waals surface area contributed by atoms with E-state index in [0.29, 0.717) is 13.0 Å². The predicted octanol–water partition coefficient (Wildman–Crippen LogP) is 2.13. The van der Waals surface area contributed by atoms with E-state index in [9.17, 15) is 4.79 Å². The van der Waals surface area contributed by atoms with Gasteiger partial charge in [-0.25, -0.2) is 4.98 Å². The number of carbonyl (C=O) groups excluding carboxylic acids is 1. The Morgan fingerprint density at radius 2 is 2.35 bits per heavy atom. The summed E-state index contributed by atoms with van der Waals surface area (Å²) in [7, 11) is 0. The molecule has 1 aliphatic rings. The Bertz CT molecular complexity index is 652. The third kappa shape index (κ3) is 2.62. The van der Waals surface area contributed by atoms with Gasteiger partial charge in [0.1, 0.15) is 0 Å². The number of aryl methyl sites for hydroxylation is 1. The van der Waals surface area contributed by atoms with Crippen LogP contribution in [-0.2, 0) is 17.8 Å². The van der Waals surface area contributed by atoms with Gasteiger partial charge in [0.15, 0.2) is 0 Å². The summed E-state index contributed by atoms with van der Waals surface area (Å²) in [4.78, 5) is 19.7. The summed E-state index contributed by atoms with van der Waals surface area (Å²) in [6, 6.07) is 5.60. The Kier molecular flexibility index (Phi) is 3.58. The first-order chi connectivity index (χ1) is 9.63. The number of carbonyl (C=O) groups is 1. The molecule has 1 atom stereocenters. The highest BCUT2D eigenvalue weighted by atomic mass is 79.9. The molecule has 3 rings (SSSR count). The number of rotatable bonds is 2. The number of aromatic nitrogens is 2. The highest BCUT2D eigenvalue weighted by Gasteiger charge is 2.25. The topological polar surface area (TPSA) is 69.8 Å². The molecule has 0 saturated carbocycles. The van der Waals surface area contributed by atoms with Crippen LogP contribution in [0.5, 0.6) is 0 Å². The molecule has 2 aromatic rings. The quantitative estimate of drug-likeness (QED) is 0.788. The second-order valence-electron chi connectivity index (χ2n) is 4.91. The lowest BCUT2D eigenvalue weighted by molar-refractivity contribution is -0.118. The van der Waals surface area contributed by atoms with Gasteiger partial charge < -0.3 is 10.3 Å². The molecule has 1 amide bonds. The van der Waals surface area contributed by atoms with Gasteiger partial charge in [-0.3, -0.25) is 10.1 Å². The van der Waals surface area contributed by atoms with Crippen LogP contribution in [0.4, 0.5) is 5.69 Å². The Hall–Kier alpha value is -1.66. The summed E-state index contributed by atoms with van der Waals surface area (Å²) in [6.07, 6.45) is 2.28. The Morgan fingerprint density at radius 1 is 1.50 bits per heavy atom. The molecule has 20 heavy (non-hydrogen) atoms. The zero-order chi connectivity index (χ0) is 14.1. The van der Waals surface area contributed by atoms with Crippen LogP contribution in [0.1, 0.15) is 17.0 Å². The van der Waals surface area contributed by atoms with Gasteiger partial charge in [-0.05, 0) is 24.6 Å². The molecule has 3 N–H and O–H groups in total. The summed E-state index contributed by atoms with van der Waals surface area (Å²) in [5.74, 6) is -0.0279. The molecule has 104 valence electrons. The number of benzene rings is 1. The number of hydrogen-bond donors (Lipinski definition) is 3. The van der Waals surface area contributed by atoms with Crippen LogP contribution in [0.2, 0.25) is 0 Å². The van der Waals surface area contributed by atoms with E-state index in [4.69, 9.17) is 0 Å². The number of aromatic amines is 1. The molecule has 1 unspecified atom stereocenters. The fourth-order valence-electron chi connectivity index (χ4n) is 2.30. The van der Waals surface area contributed by atoms with Crippen molar-refractivity contribution in [2.24, 2.45) is 0 Å². The minimum absolute atomic E-state index is 0.0279. The van der Waals surface area contributed by atoms with Crippen molar-refractivity contribution in [3.63, 3.8) is 0 Å². The third-order valence-electron chi connectivity index (χ3n) is 3.50. The van der Waals surface area contributed by atoms with Gasteiger partial charge in [-0.1, -0.05) is 22.0 Å². The Morgan fingerprint density at radius 3 is 3.20 bits per heavy atom. The van der Waals surface area contributed by atoms with Crippen LogP contribution in [0.25, 0.3) is 0 Å². The summed E-state index contributed by atoms with van der Waals surface area (Å²) in [5.41, 5.74) is 3.90. The van der Waals surface area contributed by atoms with Crippen molar-refractivity contribution in [3.05, 3.63) is 46.0 Å². The largest absolute Gasteiger partial charge is 0.347 e. The first-order valence-electron chi connectivity index (χ1n) is 6.45. The van der Waals surface area contributed by atoms with Gasteiger partial charge >= 0.3 is 0 Å². The van der Waals surface area contributed by atoms with Crippen LogP contribution in [0.15, 0.2) is 29.0 Å². The lowest BCUT2D eigenvalue weighted by Crippen LogP contribution is -2.44. The number of nitrogens with one attached hydrogen (secondary N) is 3. The van der Waals surface area contributed by atoms with Crippen molar-refractivity contribution in [2.45, 2.75) is 25.9 Å². The number of hydrogen-bond acceptors (Lipinski definition) is 3. The van der Waals surface area contributed by atoms with Crippen LogP contribution >= 0.6 is 15.9 Å². The van der Waals surface area contributed by atoms with Crippen LogP contribution in [0.3, 0.4) is 0 Å². The first kappa shape index (κ1) is 13.3. The van der Waals surface area contributed by atoms with E-state index in [-0.39, 0.29) is 11.9 Å². The van der Waals surface area contributed by atoms with Crippen LogP contribution < -0.4 is 10.6 Å². The fourth-order valence-corrected chi connectivity index (χ4v) is 2.66. The fraction of sp³-hybridized carbons (Fsp3) is 0.286. The second-order valence-corrected chi connectivity index (χ2v) is 5.83.